The number of nitrogens with zero attached hydrogens (tertiary/aromatic N) is 2. The van der Waals surface area contributed by atoms with Crippen molar-refractivity contribution in [2.24, 2.45) is 4.99 Å². The molecular weight excluding hydrogens is 270 g/mol. The van der Waals surface area contributed by atoms with Crippen LogP contribution in [-0.2, 0) is 9.59 Å². The predicted molar refractivity (Wildman–Crippen MR) is 76.8 cm³/mol. The fourth-order valence-corrected chi connectivity index (χ4v) is 1.74. The number of carbonyl (C=O) groups is 2. The maximum atomic E-state index is 11.7. The van der Waals surface area contributed by atoms with Crippen molar-refractivity contribution in [1.29, 1.82) is 0 Å². The quantitative estimate of drug-likeness (QED) is 0.773. The molecule has 0 aliphatic carbocycles. The third-order valence-corrected chi connectivity index (χ3v) is 2.75. The molecule has 0 spiro atoms. The summed E-state index contributed by atoms with van der Waals surface area (Å²) in [7, 11) is 1.51. The lowest BCUT2D eigenvalue weighted by Crippen LogP contribution is -2.44. The van der Waals surface area contributed by atoms with E-state index in [0.29, 0.717) is 0 Å². The highest BCUT2D eigenvalue weighted by atomic mass is 16.4. The SMILES string of the molecule is CN(CC(=O)[O-])C1=N/C(=C/C=C/c2ccccc2)C(=O)N1. The molecule has 0 aromatic heterocycles. The Bertz CT molecular complexity index is 633. The normalized spacial score (nSPS) is 16.1. The smallest absolute Gasteiger partial charge is 0.276 e. The molecular formula is C15H14N3O3-. The number of aliphatic carboxylic acids is 1. The molecule has 1 aromatic carbocycles. The molecule has 21 heavy (non-hydrogen) atoms. The third-order valence-electron chi connectivity index (χ3n) is 2.75. The Hall–Kier alpha value is -2.89. The van der Waals surface area contributed by atoms with E-state index in [2.05, 4.69) is 10.3 Å². The Morgan fingerprint density at radius 2 is 2.10 bits per heavy atom. The van der Waals surface area contributed by atoms with Crippen LogP contribution in [-0.4, -0.2) is 36.3 Å². The molecule has 1 N–H and O–H groups in total. The van der Waals surface area contributed by atoms with Gasteiger partial charge in [-0.25, -0.2) is 4.99 Å². The van der Waals surface area contributed by atoms with Crippen molar-refractivity contribution in [2.75, 3.05) is 13.6 Å². The Labute approximate surface area is 122 Å². The zero-order valence-corrected chi connectivity index (χ0v) is 11.4. The Kier molecular flexibility index (Phi) is 4.50. The first kappa shape index (κ1) is 14.5. The van der Waals surface area contributed by atoms with Crippen LogP contribution in [0.25, 0.3) is 6.08 Å². The minimum atomic E-state index is -1.24. The Balaban J connectivity index is 2.07. The highest BCUT2D eigenvalue weighted by Gasteiger charge is 2.21. The minimum absolute atomic E-state index is 0.198. The van der Waals surface area contributed by atoms with Gasteiger partial charge in [0.05, 0.1) is 12.5 Å². The number of nitrogens with one attached hydrogen (secondary N) is 1. The van der Waals surface area contributed by atoms with Crippen molar-refractivity contribution in [3.8, 4) is 0 Å². The van der Waals surface area contributed by atoms with Gasteiger partial charge in [0, 0.05) is 7.05 Å². The van der Waals surface area contributed by atoms with Crippen LogP contribution in [0.4, 0.5) is 0 Å². The van der Waals surface area contributed by atoms with Gasteiger partial charge in [-0.2, -0.15) is 0 Å². The van der Waals surface area contributed by atoms with Crippen LogP contribution in [0.1, 0.15) is 5.56 Å². The number of benzene rings is 1. The fourth-order valence-electron chi connectivity index (χ4n) is 1.74. The second-order valence-electron chi connectivity index (χ2n) is 4.44. The van der Waals surface area contributed by atoms with Crippen molar-refractivity contribution in [3.63, 3.8) is 0 Å². The van der Waals surface area contributed by atoms with E-state index in [0.717, 1.165) is 5.56 Å². The number of carbonyl (C=O) groups excluding carboxylic acids is 2. The lowest BCUT2D eigenvalue weighted by atomic mass is 10.2. The zero-order valence-electron chi connectivity index (χ0n) is 11.4. The second-order valence-corrected chi connectivity index (χ2v) is 4.44. The summed E-state index contributed by atoms with van der Waals surface area (Å²) in [4.78, 5) is 27.6. The van der Waals surface area contributed by atoms with Gasteiger partial charge < -0.3 is 14.8 Å². The van der Waals surface area contributed by atoms with Gasteiger partial charge in [0.2, 0.25) is 5.96 Å². The minimum Gasteiger partial charge on any atom is -0.548 e. The predicted octanol–water partition coefficient (Wildman–Crippen LogP) is -0.249. The van der Waals surface area contributed by atoms with E-state index in [9.17, 15) is 14.7 Å². The van der Waals surface area contributed by atoms with Gasteiger partial charge in [-0.15, -0.1) is 0 Å². The number of guanidine groups is 1. The molecule has 0 unspecified atom stereocenters. The van der Waals surface area contributed by atoms with E-state index in [1.54, 1.807) is 12.2 Å². The first-order chi connectivity index (χ1) is 10.1. The summed E-state index contributed by atoms with van der Waals surface area (Å²) in [6, 6.07) is 9.63. The standard InChI is InChI=1S/C15H15N3O3/c1-18(10-13(19)20)15-16-12(14(21)17-15)9-5-8-11-6-3-2-4-7-11/h2-9H,10H2,1H3,(H,19,20)(H,16,17,21)/p-1/b8-5+,12-9+. The molecule has 2 rings (SSSR count). The van der Waals surface area contributed by atoms with Crippen molar-refractivity contribution in [1.82, 2.24) is 10.2 Å². The molecule has 1 heterocycles. The van der Waals surface area contributed by atoms with E-state index in [4.69, 9.17) is 0 Å². The topological polar surface area (TPSA) is 84.8 Å². The van der Waals surface area contributed by atoms with Crippen LogP contribution < -0.4 is 10.4 Å². The molecule has 0 atom stereocenters. The maximum Gasteiger partial charge on any atom is 0.276 e. The number of amides is 1. The van der Waals surface area contributed by atoms with E-state index < -0.39 is 5.97 Å². The van der Waals surface area contributed by atoms with Crippen LogP contribution in [0.3, 0.4) is 0 Å². The number of hydrogen-bond acceptors (Lipinski definition) is 5. The number of rotatable bonds is 4. The van der Waals surface area contributed by atoms with Gasteiger partial charge in [-0.05, 0) is 11.6 Å². The highest BCUT2D eigenvalue weighted by molar-refractivity contribution is 6.12. The summed E-state index contributed by atoms with van der Waals surface area (Å²) in [5, 5.41) is 13.0. The van der Waals surface area contributed by atoms with Gasteiger partial charge in [-0.1, -0.05) is 42.5 Å². The first-order valence-electron chi connectivity index (χ1n) is 6.30. The van der Waals surface area contributed by atoms with Gasteiger partial charge in [0.25, 0.3) is 5.91 Å². The van der Waals surface area contributed by atoms with Gasteiger partial charge in [0.15, 0.2) is 0 Å². The molecule has 1 aromatic rings. The molecule has 6 nitrogen and oxygen atoms in total. The average Bonchev–Trinajstić information content (AvgIpc) is 2.81. The maximum absolute atomic E-state index is 11.7. The van der Waals surface area contributed by atoms with E-state index in [1.165, 1.54) is 11.9 Å². The number of likely N-dealkylation sites (N-methyl/N-ethyl adjacent to an activating group) is 1. The van der Waals surface area contributed by atoms with Crippen molar-refractivity contribution in [3.05, 3.63) is 53.7 Å². The molecule has 1 aliphatic heterocycles. The zero-order chi connectivity index (χ0) is 15.2. The lowest BCUT2D eigenvalue weighted by molar-refractivity contribution is -0.305. The number of allylic oxidation sites excluding steroid dienone is 2. The van der Waals surface area contributed by atoms with Crippen LogP contribution in [0.5, 0.6) is 0 Å². The van der Waals surface area contributed by atoms with E-state index in [1.807, 2.05) is 36.4 Å². The monoisotopic (exact) mass is 284 g/mol. The summed E-state index contributed by atoms with van der Waals surface area (Å²) in [6.07, 6.45) is 5.14. The Morgan fingerprint density at radius 1 is 1.38 bits per heavy atom. The molecule has 0 saturated heterocycles. The molecule has 0 radical (unpaired) electrons. The second kappa shape index (κ2) is 6.51. The molecule has 108 valence electrons. The third kappa shape index (κ3) is 4.04. The number of carboxylic acid groups (broad SMARTS) is 1. The van der Waals surface area contributed by atoms with Gasteiger partial charge >= 0.3 is 0 Å². The summed E-state index contributed by atoms with van der Waals surface area (Å²) in [5.41, 5.74) is 1.23. The fraction of sp³-hybridized carbons (Fsp3) is 0.133. The van der Waals surface area contributed by atoms with E-state index >= 15 is 0 Å². The van der Waals surface area contributed by atoms with Crippen LogP contribution in [0, 0.1) is 0 Å². The summed E-state index contributed by atoms with van der Waals surface area (Å²) in [6.45, 7) is -0.341. The first-order valence-corrected chi connectivity index (χ1v) is 6.30. The van der Waals surface area contributed by atoms with Gasteiger partial charge in [-0.3, -0.25) is 10.1 Å². The molecule has 0 fully saturated rings. The molecule has 1 aliphatic rings. The molecule has 6 heteroatoms. The number of carboxylic acids is 1. The summed E-state index contributed by atoms with van der Waals surface area (Å²) in [5.74, 6) is -1.41. The lowest BCUT2D eigenvalue weighted by Gasteiger charge is -2.17. The van der Waals surface area contributed by atoms with Crippen LogP contribution >= 0.6 is 0 Å². The van der Waals surface area contributed by atoms with Crippen LogP contribution in [0.2, 0.25) is 0 Å². The van der Waals surface area contributed by atoms with Crippen molar-refractivity contribution in [2.45, 2.75) is 0 Å². The molecule has 0 bridgehead atoms. The van der Waals surface area contributed by atoms with Gasteiger partial charge in [0.1, 0.15) is 5.70 Å². The largest absolute Gasteiger partial charge is 0.548 e. The average molecular weight is 284 g/mol. The number of hydrogen-bond donors (Lipinski definition) is 1. The Morgan fingerprint density at radius 3 is 2.76 bits per heavy atom. The molecule has 1 amide bonds. The van der Waals surface area contributed by atoms with Crippen molar-refractivity contribution >= 4 is 23.9 Å². The van der Waals surface area contributed by atoms with E-state index in [-0.39, 0.29) is 24.1 Å². The summed E-state index contributed by atoms with van der Waals surface area (Å²) < 4.78 is 0. The number of aliphatic imine (C=N–C) groups is 1. The summed E-state index contributed by atoms with van der Waals surface area (Å²) >= 11 is 0. The van der Waals surface area contributed by atoms with Crippen LogP contribution in [0.15, 0.2) is 53.2 Å². The molecule has 0 saturated carbocycles. The van der Waals surface area contributed by atoms with Crippen molar-refractivity contribution < 1.29 is 14.7 Å². The highest BCUT2D eigenvalue weighted by Crippen LogP contribution is 2.08.